The summed E-state index contributed by atoms with van der Waals surface area (Å²) in [6.45, 7) is 6.65. The molecule has 0 aromatic heterocycles. The van der Waals surface area contributed by atoms with E-state index in [4.69, 9.17) is 19.6 Å². The first-order valence-corrected chi connectivity index (χ1v) is 9.93. The Balaban J connectivity index is 0.000000506. The highest BCUT2D eigenvalue weighted by Gasteiger charge is 2.17. The van der Waals surface area contributed by atoms with Gasteiger partial charge in [-0.3, -0.25) is 18.8 Å². The summed E-state index contributed by atoms with van der Waals surface area (Å²) >= 11 is 0. The van der Waals surface area contributed by atoms with Crippen LogP contribution >= 0.6 is 0 Å². The Kier molecular flexibility index (Phi) is 10.5. The van der Waals surface area contributed by atoms with Gasteiger partial charge in [0.2, 0.25) is 5.91 Å². The molecule has 11 nitrogen and oxygen atoms in total. The summed E-state index contributed by atoms with van der Waals surface area (Å²) in [4.78, 5) is 13.5. The maximum atomic E-state index is 11.1. The van der Waals surface area contributed by atoms with E-state index in [2.05, 4.69) is 15.5 Å². The molecule has 0 aliphatic carbocycles. The van der Waals surface area contributed by atoms with E-state index in [9.17, 15) is 21.6 Å². The van der Waals surface area contributed by atoms with E-state index in [-0.39, 0.29) is 11.8 Å². The summed E-state index contributed by atoms with van der Waals surface area (Å²) < 4.78 is 60.8. The van der Waals surface area contributed by atoms with Gasteiger partial charge in [0.1, 0.15) is 0 Å². The third-order valence-electron chi connectivity index (χ3n) is 3.11. The highest BCUT2D eigenvalue weighted by atomic mass is 32.3. The van der Waals surface area contributed by atoms with Crippen molar-refractivity contribution in [1.82, 2.24) is 4.90 Å². The molecule has 0 radical (unpaired) electrons. The molecule has 1 fully saturated rings. The molecular weight excluding hydrogens is 368 g/mol. The van der Waals surface area contributed by atoms with Crippen LogP contribution < -0.4 is 5.73 Å². The van der Waals surface area contributed by atoms with Crippen molar-refractivity contribution in [2.45, 2.75) is 26.2 Å². The van der Waals surface area contributed by atoms with Crippen LogP contribution in [-0.2, 0) is 34.0 Å². The number of amides is 1. The Hall–Kier alpha value is -0.830. The number of ether oxygens (including phenoxy) is 1. The quantitative estimate of drug-likeness (QED) is 0.444. The van der Waals surface area contributed by atoms with Gasteiger partial charge in [-0.1, -0.05) is 13.3 Å². The number of carbonyl (C=O) groups is 1. The van der Waals surface area contributed by atoms with E-state index >= 15 is 0 Å². The fourth-order valence-corrected chi connectivity index (χ4v) is 2.92. The second-order valence-corrected chi connectivity index (χ2v) is 7.31. The SMILES string of the molecule is CCCC(CCN1CCOCC1)C(N)=O.O=S(=O)(O)OS(=O)(=O)O. The molecule has 0 aromatic rings. The number of nitrogens with zero attached hydrogens (tertiary/aromatic N) is 1. The zero-order valence-corrected chi connectivity index (χ0v) is 15.0. The number of hydrogen-bond acceptors (Lipinski definition) is 8. The second kappa shape index (κ2) is 10.9. The molecule has 1 rings (SSSR count). The fraction of sp³-hybridized carbons (Fsp3) is 0.909. The molecule has 144 valence electrons. The molecule has 4 N–H and O–H groups in total. The zero-order valence-electron chi connectivity index (χ0n) is 13.3. The maximum Gasteiger partial charge on any atom is 0.413 e. The average molecular weight is 392 g/mol. The molecule has 1 heterocycles. The lowest BCUT2D eigenvalue weighted by Gasteiger charge is -2.27. The summed E-state index contributed by atoms with van der Waals surface area (Å²) in [5.74, 6) is -0.0945. The minimum absolute atomic E-state index is 0.0536. The molecule has 1 unspecified atom stereocenters. The van der Waals surface area contributed by atoms with Gasteiger partial charge in [-0.2, -0.15) is 16.8 Å². The van der Waals surface area contributed by atoms with Crippen molar-refractivity contribution in [1.29, 1.82) is 0 Å². The van der Waals surface area contributed by atoms with Gasteiger partial charge in [-0.15, -0.1) is 3.63 Å². The van der Waals surface area contributed by atoms with Gasteiger partial charge < -0.3 is 10.5 Å². The summed E-state index contributed by atoms with van der Waals surface area (Å²) in [5, 5.41) is 0. The Morgan fingerprint density at radius 3 is 2.00 bits per heavy atom. The van der Waals surface area contributed by atoms with Gasteiger partial charge in [0.15, 0.2) is 0 Å². The number of carbonyl (C=O) groups excluding carboxylic acids is 1. The van der Waals surface area contributed by atoms with Crippen LogP contribution in [0.25, 0.3) is 0 Å². The molecule has 1 amide bonds. The van der Waals surface area contributed by atoms with Crippen LogP contribution in [0, 0.1) is 5.92 Å². The van der Waals surface area contributed by atoms with E-state index < -0.39 is 20.8 Å². The Labute approximate surface area is 142 Å². The lowest BCUT2D eigenvalue weighted by molar-refractivity contribution is -0.122. The van der Waals surface area contributed by atoms with Crippen LogP contribution in [0.2, 0.25) is 0 Å². The van der Waals surface area contributed by atoms with Crippen molar-refractivity contribution >= 4 is 26.7 Å². The Bertz CT molecular complexity index is 540. The maximum absolute atomic E-state index is 11.1. The van der Waals surface area contributed by atoms with Crippen LogP contribution in [0.15, 0.2) is 0 Å². The highest BCUT2D eigenvalue weighted by Crippen LogP contribution is 2.12. The average Bonchev–Trinajstić information content (AvgIpc) is 2.41. The van der Waals surface area contributed by atoms with Crippen LogP contribution in [-0.4, -0.2) is 69.6 Å². The van der Waals surface area contributed by atoms with Gasteiger partial charge in [0.05, 0.1) is 13.2 Å². The lowest BCUT2D eigenvalue weighted by atomic mass is 9.99. The van der Waals surface area contributed by atoms with Crippen LogP contribution in [0.5, 0.6) is 0 Å². The number of hydrogen-bond donors (Lipinski definition) is 3. The topological polar surface area (TPSA) is 174 Å². The predicted octanol–water partition coefficient (Wildman–Crippen LogP) is -0.781. The zero-order chi connectivity index (χ0) is 18.8. The molecule has 0 saturated carbocycles. The summed E-state index contributed by atoms with van der Waals surface area (Å²) in [7, 11) is -10.2. The molecule has 0 aromatic carbocycles. The molecule has 1 saturated heterocycles. The smallest absolute Gasteiger partial charge is 0.379 e. The predicted molar refractivity (Wildman–Crippen MR) is 83.7 cm³/mol. The minimum atomic E-state index is -5.12. The molecule has 0 spiro atoms. The van der Waals surface area contributed by atoms with Crippen LogP contribution in [0.4, 0.5) is 0 Å². The van der Waals surface area contributed by atoms with Crippen molar-refractivity contribution < 1.29 is 39.1 Å². The lowest BCUT2D eigenvalue weighted by Crippen LogP contribution is -2.38. The van der Waals surface area contributed by atoms with E-state index in [1.54, 1.807) is 0 Å². The number of nitrogens with two attached hydrogens (primary N) is 1. The van der Waals surface area contributed by atoms with Gasteiger partial charge in [0, 0.05) is 19.0 Å². The van der Waals surface area contributed by atoms with Gasteiger partial charge in [-0.05, 0) is 19.4 Å². The summed E-state index contributed by atoms with van der Waals surface area (Å²) in [6.07, 6.45) is 2.83. The number of rotatable bonds is 8. The van der Waals surface area contributed by atoms with Crippen molar-refractivity contribution in [3.63, 3.8) is 0 Å². The van der Waals surface area contributed by atoms with Gasteiger partial charge in [-0.25, -0.2) is 0 Å². The third-order valence-corrected chi connectivity index (χ3v) is 4.48. The first-order valence-electron chi connectivity index (χ1n) is 7.20. The number of primary amides is 1. The summed E-state index contributed by atoms with van der Waals surface area (Å²) in [6, 6.07) is 0. The van der Waals surface area contributed by atoms with E-state index in [1.165, 1.54) is 0 Å². The summed E-state index contributed by atoms with van der Waals surface area (Å²) in [5.41, 5.74) is 5.36. The first-order chi connectivity index (χ1) is 10.9. The molecule has 24 heavy (non-hydrogen) atoms. The standard InChI is InChI=1S/C11H22N2O2.H2O7S2/c1-2-3-10(11(12)14)4-5-13-6-8-15-9-7-13;1-8(2,3)7-9(4,5)6/h10H,2-9H2,1H3,(H2,12,14);(H,1,2,3)(H,4,5,6). The van der Waals surface area contributed by atoms with Crippen LogP contribution in [0.1, 0.15) is 26.2 Å². The van der Waals surface area contributed by atoms with Gasteiger partial charge >= 0.3 is 20.8 Å². The van der Waals surface area contributed by atoms with E-state index in [0.29, 0.717) is 0 Å². The third kappa shape index (κ3) is 13.6. The monoisotopic (exact) mass is 392 g/mol. The highest BCUT2D eigenvalue weighted by molar-refractivity contribution is 7.94. The van der Waals surface area contributed by atoms with Gasteiger partial charge in [0.25, 0.3) is 0 Å². The van der Waals surface area contributed by atoms with Crippen molar-refractivity contribution in [3.8, 4) is 0 Å². The van der Waals surface area contributed by atoms with Crippen molar-refractivity contribution in [3.05, 3.63) is 0 Å². The van der Waals surface area contributed by atoms with Crippen molar-refractivity contribution in [2.24, 2.45) is 11.7 Å². The normalized spacial score (nSPS) is 17.6. The van der Waals surface area contributed by atoms with E-state index in [0.717, 1.165) is 52.1 Å². The molecule has 1 aliphatic rings. The largest absolute Gasteiger partial charge is 0.413 e. The molecule has 13 heteroatoms. The fourth-order valence-electron chi connectivity index (χ4n) is 2.05. The molecular formula is C11H24N2O9S2. The molecule has 1 aliphatic heterocycles. The Morgan fingerprint density at radius 1 is 1.17 bits per heavy atom. The first kappa shape index (κ1) is 23.2. The minimum Gasteiger partial charge on any atom is -0.379 e. The van der Waals surface area contributed by atoms with E-state index in [1.807, 2.05) is 0 Å². The molecule has 1 atom stereocenters. The Morgan fingerprint density at radius 2 is 1.67 bits per heavy atom. The number of morpholine rings is 1. The second-order valence-electron chi connectivity index (χ2n) is 5.05. The van der Waals surface area contributed by atoms with Crippen molar-refractivity contribution in [2.75, 3.05) is 32.8 Å². The van der Waals surface area contributed by atoms with Crippen LogP contribution in [0.3, 0.4) is 0 Å². The molecule has 0 bridgehead atoms.